The van der Waals surface area contributed by atoms with Crippen molar-refractivity contribution in [3.8, 4) is 11.8 Å². The number of carbonyl (C=O) groups is 1. The van der Waals surface area contributed by atoms with Gasteiger partial charge >= 0.3 is 0 Å². The van der Waals surface area contributed by atoms with Crippen LogP contribution in [0.4, 0.5) is 5.69 Å². The maximum Gasteiger partial charge on any atom is 0.256 e. The highest BCUT2D eigenvalue weighted by molar-refractivity contribution is 7.98. The van der Waals surface area contributed by atoms with Crippen molar-refractivity contribution in [2.45, 2.75) is 4.90 Å². The number of anilines is 1. The molecule has 0 heterocycles. The summed E-state index contributed by atoms with van der Waals surface area (Å²) < 4.78 is 0. The van der Waals surface area contributed by atoms with Crippen molar-refractivity contribution in [3.05, 3.63) is 59.7 Å². The maximum absolute atomic E-state index is 12.3. The summed E-state index contributed by atoms with van der Waals surface area (Å²) >= 11 is 1.66. The summed E-state index contributed by atoms with van der Waals surface area (Å²) in [4.78, 5) is 13.5. The highest BCUT2D eigenvalue weighted by atomic mass is 32.2. The molecular formula is C17H16N2OS. The lowest BCUT2D eigenvalue weighted by atomic mass is 10.1. The largest absolute Gasteiger partial charge is 0.322 e. The third-order valence-corrected chi connectivity index (χ3v) is 3.59. The highest BCUT2D eigenvalue weighted by Crippen LogP contribution is 2.18. The van der Waals surface area contributed by atoms with Crippen molar-refractivity contribution in [1.29, 1.82) is 0 Å². The standard InChI is InChI=1S/C17H16N2OS/c1-21-15-10-8-14(9-11-15)19-17(20)16-7-3-2-5-13(16)6-4-12-18/h2-3,5,7-11H,12,18H2,1H3,(H,19,20). The lowest BCUT2D eigenvalue weighted by Gasteiger charge is -2.07. The number of carbonyl (C=O) groups excluding carboxylic acids is 1. The molecule has 106 valence electrons. The highest BCUT2D eigenvalue weighted by Gasteiger charge is 2.09. The first-order valence-corrected chi connectivity index (χ1v) is 7.70. The van der Waals surface area contributed by atoms with Crippen LogP contribution in [0.2, 0.25) is 0 Å². The Morgan fingerprint density at radius 3 is 2.57 bits per heavy atom. The Bertz CT molecular complexity index is 684. The molecule has 0 bridgehead atoms. The second-order valence-corrected chi connectivity index (χ2v) is 5.11. The van der Waals surface area contributed by atoms with E-state index in [1.165, 1.54) is 0 Å². The molecule has 0 fully saturated rings. The summed E-state index contributed by atoms with van der Waals surface area (Å²) in [5.41, 5.74) is 7.37. The molecule has 4 heteroatoms. The van der Waals surface area contributed by atoms with Gasteiger partial charge in [-0.25, -0.2) is 0 Å². The van der Waals surface area contributed by atoms with Crippen LogP contribution >= 0.6 is 11.8 Å². The van der Waals surface area contributed by atoms with E-state index >= 15 is 0 Å². The van der Waals surface area contributed by atoms with Crippen LogP contribution in [0.1, 0.15) is 15.9 Å². The second-order valence-electron chi connectivity index (χ2n) is 4.23. The molecule has 0 unspecified atom stereocenters. The molecule has 0 aliphatic heterocycles. The van der Waals surface area contributed by atoms with E-state index in [1.807, 2.05) is 48.7 Å². The first kappa shape index (κ1) is 15.2. The SMILES string of the molecule is CSc1ccc(NC(=O)c2ccccc2C#CCN)cc1. The molecule has 2 aromatic carbocycles. The summed E-state index contributed by atoms with van der Waals surface area (Å²) in [7, 11) is 0. The Balaban J connectivity index is 2.19. The molecule has 0 radical (unpaired) electrons. The first-order valence-electron chi connectivity index (χ1n) is 6.48. The summed E-state index contributed by atoms with van der Waals surface area (Å²) in [6.07, 6.45) is 2.01. The predicted molar refractivity (Wildman–Crippen MR) is 88.6 cm³/mol. The fourth-order valence-electron chi connectivity index (χ4n) is 1.81. The van der Waals surface area contributed by atoms with E-state index in [-0.39, 0.29) is 12.5 Å². The molecule has 3 N–H and O–H groups in total. The smallest absolute Gasteiger partial charge is 0.256 e. The van der Waals surface area contributed by atoms with Crippen molar-refractivity contribution in [3.63, 3.8) is 0 Å². The minimum atomic E-state index is -0.172. The molecule has 3 nitrogen and oxygen atoms in total. The van der Waals surface area contributed by atoms with Gasteiger partial charge in [0.05, 0.1) is 12.1 Å². The van der Waals surface area contributed by atoms with Crippen LogP contribution in [-0.2, 0) is 0 Å². The van der Waals surface area contributed by atoms with Crippen molar-refractivity contribution >= 4 is 23.4 Å². The Kier molecular flexibility index (Phi) is 5.44. The van der Waals surface area contributed by atoms with Gasteiger partial charge in [-0.05, 0) is 42.7 Å². The Morgan fingerprint density at radius 2 is 1.90 bits per heavy atom. The number of nitrogens with two attached hydrogens (primary N) is 1. The van der Waals surface area contributed by atoms with Crippen LogP contribution < -0.4 is 11.1 Å². The fourth-order valence-corrected chi connectivity index (χ4v) is 2.22. The molecule has 1 amide bonds. The third-order valence-electron chi connectivity index (χ3n) is 2.84. The molecule has 2 aromatic rings. The Morgan fingerprint density at radius 1 is 1.19 bits per heavy atom. The van der Waals surface area contributed by atoms with Crippen molar-refractivity contribution < 1.29 is 4.79 Å². The van der Waals surface area contributed by atoms with Crippen molar-refractivity contribution in [2.24, 2.45) is 5.73 Å². The molecule has 0 spiro atoms. The van der Waals surface area contributed by atoms with Gasteiger partial charge in [-0.3, -0.25) is 4.79 Å². The summed E-state index contributed by atoms with van der Waals surface area (Å²) in [5, 5.41) is 2.88. The first-order chi connectivity index (χ1) is 10.2. The van der Waals surface area contributed by atoms with Gasteiger partial charge in [-0.15, -0.1) is 11.8 Å². The number of nitrogens with one attached hydrogen (secondary N) is 1. The molecule has 0 saturated carbocycles. The van der Waals surface area contributed by atoms with Gasteiger partial charge in [0, 0.05) is 16.1 Å². The summed E-state index contributed by atoms with van der Waals surface area (Å²) in [5.74, 6) is 5.52. The zero-order valence-corrected chi connectivity index (χ0v) is 12.5. The van der Waals surface area contributed by atoms with E-state index in [9.17, 15) is 4.79 Å². The van der Waals surface area contributed by atoms with Gasteiger partial charge in [0.1, 0.15) is 0 Å². The van der Waals surface area contributed by atoms with Crippen molar-refractivity contribution in [2.75, 3.05) is 18.1 Å². The van der Waals surface area contributed by atoms with E-state index in [1.54, 1.807) is 17.8 Å². The predicted octanol–water partition coefficient (Wildman–Crippen LogP) is 2.97. The van der Waals surface area contributed by atoms with E-state index in [2.05, 4.69) is 17.2 Å². The van der Waals surface area contributed by atoms with Gasteiger partial charge in [0.15, 0.2) is 0 Å². The zero-order valence-electron chi connectivity index (χ0n) is 11.7. The van der Waals surface area contributed by atoms with Gasteiger partial charge < -0.3 is 11.1 Å². The molecule has 0 aliphatic carbocycles. The number of amides is 1. The number of benzene rings is 2. The molecule has 0 saturated heterocycles. The quantitative estimate of drug-likeness (QED) is 0.676. The topological polar surface area (TPSA) is 55.1 Å². The van der Waals surface area contributed by atoms with Crippen LogP contribution in [0.25, 0.3) is 0 Å². The molecule has 2 rings (SSSR count). The normalized spacial score (nSPS) is 9.62. The molecule has 0 aromatic heterocycles. The lowest BCUT2D eigenvalue weighted by molar-refractivity contribution is 0.102. The van der Waals surface area contributed by atoms with Crippen LogP contribution in [0.15, 0.2) is 53.4 Å². The van der Waals surface area contributed by atoms with Crippen LogP contribution in [0.3, 0.4) is 0 Å². The number of thioether (sulfide) groups is 1. The third kappa shape index (κ3) is 4.12. The van der Waals surface area contributed by atoms with Crippen molar-refractivity contribution in [1.82, 2.24) is 0 Å². The lowest BCUT2D eigenvalue weighted by Crippen LogP contribution is -2.13. The van der Waals surface area contributed by atoms with E-state index < -0.39 is 0 Å². The van der Waals surface area contributed by atoms with Gasteiger partial charge in [-0.2, -0.15) is 0 Å². The number of hydrogen-bond donors (Lipinski definition) is 2. The van der Waals surface area contributed by atoms with Crippen LogP contribution in [-0.4, -0.2) is 18.7 Å². The van der Waals surface area contributed by atoms with Crippen LogP contribution in [0, 0.1) is 11.8 Å². The van der Waals surface area contributed by atoms with E-state index in [0.29, 0.717) is 11.1 Å². The monoisotopic (exact) mass is 296 g/mol. The Hall–Kier alpha value is -2.22. The molecule has 0 atom stereocenters. The fraction of sp³-hybridized carbons (Fsp3) is 0.118. The minimum absolute atomic E-state index is 0.172. The molecule has 21 heavy (non-hydrogen) atoms. The summed E-state index contributed by atoms with van der Waals surface area (Å²) in [6.45, 7) is 0.270. The van der Waals surface area contributed by atoms with E-state index in [0.717, 1.165) is 10.6 Å². The van der Waals surface area contributed by atoms with Crippen LogP contribution in [0.5, 0.6) is 0 Å². The van der Waals surface area contributed by atoms with Gasteiger partial charge in [0.25, 0.3) is 5.91 Å². The number of rotatable bonds is 3. The van der Waals surface area contributed by atoms with Gasteiger partial charge in [-0.1, -0.05) is 24.0 Å². The Labute approximate surface area is 128 Å². The van der Waals surface area contributed by atoms with Gasteiger partial charge in [0.2, 0.25) is 0 Å². The molecular weight excluding hydrogens is 280 g/mol. The second kappa shape index (κ2) is 7.53. The average molecular weight is 296 g/mol. The molecule has 0 aliphatic rings. The number of hydrogen-bond acceptors (Lipinski definition) is 3. The minimum Gasteiger partial charge on any atom is -0.322 e. The summed E-state index contributed by atoms with van der Waals surface area (Å²) in [6, 6.07) is 15.0. The maximum atomic E-state index is 12.3. The average Bonchev–Trinajstić information content (AvgIpc) is 2.54. The van der Waals surface area contributed by atoms with E-state index in [4.69, 9.17) is 5.73 Å². The zero-order chi connectivity index (χ0) is 15.1.